The Morgan fingerprint density at radius 2 is 2.00 bits per heavy atom. The molecule has 1 aliphatic heterocycles. The second kappa shape index (κ2) is 6.77. The average molecular weight is 391 g/mol. The summed E-state index contributed by atoms with van der Waals surface area (Å²) in [6, 6.07) is 9.41. The number of nitrogens with zero attached hydrogens (tertiary/aromatic N) is 5. The van der Waals surface area contributed by atoms with Crippen LogP contribution in [0.1, 0.15) is 40.1 Å². The van der Waals surface area contributed by atoms with Gasteiger partial charge in [0.1, 0.15) is 0 Å². The number of carbonyl (C=O) groups excluding carboxylic acids is 1. The number of aromatic nitrogens is 4. The van der Waals surface area contributed by atoms with Gasteiger partial charge in [0, 0.05) is 19.0 Å². The van der Waals surface area contributed by atoms with Gasteiger partial charge in [-0.2, -0.15) is 23.3 Å². The second-order valence-corrected chi connectivity index (χ2v) is 6.58. The van der Waals surface area contributed by atoms with Gasteiger partial charge in [-0.3, -0.25) is 4.79 Å². The smallest absolute Gasteiger partial charge is 0.338 e. The van der Waals surface area contributed by atoms with Gasteiger partial charge >= 0.3 is 12.1 Å². The van der Waals surface area contributed by atoms with E-state index < -0.39 is 18.0 Å². The van der Waals surface area contributed by atoms with Crippen LogP contribution < -0.4 is 0 Å². The number of alkyl halides is 3. The van der Waals surface area contributed by atoms with Gasteiger partial charge in [0.05, 0.1) is 23.1 Å². The highest BCUT2D eigenvalue weighted by Crippen LogP contribution is 2.31. The van der Waals surface area contributed by atoms with Gasteiger partial charge in [0.2, 0.25) is 0 Å². The molecule has 4 rings (SSSR count). The van der Waals surface area contributed by atoms with Crippen LogP contribution >= 0.6 is 0 Å². The lowest BCUT2D eigenvalue weighted by molar-refractivity contribution is -0.159. The summed E-state index contributed by atoms with van der Waals surface area (Å²) in [6.45, 7) is 2.43. The summed E-state index contributed by atoms with van der Waals surface area (Å²) in [5.41, 5.74) is 1.98. The number of benzene rings is 1. The Kier molecular flexibility index (Phi) is 4.40. The minimum Gasteiger partial charge on any atom is -0.338 e. The molecule has 0 radical (unpaired) electrons. The van der Waals surface area contributed by atoms with Crippen molar-refractivity contribution in [1.82, 2.24) is 24.8 Å². The lowest BCUT2D eigenvalue weighted by Crippen LogP contribution is -2.29. The zero-order valence-corrected chi connectivity index (χ0v) is 14.8. The molecule has 1 unspecified atom stereocenters. The van der Waals surface area contributed by atoms with Crippen molar-refractivity contribution in [2.24, 2.45) is 0 Å². The third-order valence-electron chi connectivity index (χ3n) is 4.77. The molecule has 7 nitrogen and oxygen atoms in total. The lowest BCUT2D eigenvalue weighted by atomic mass is 10.1. The van der Waals surface area contributed by atoms with Crippen LogP contribution in [0.25, 0.3) is 5.69 Å². The van der Waals surface area contributed by atoms with E-state index in [4.69, 9.17) is 0 Å². The van der Waals surface area contributed by atoms with Crippen LogP contribution in [0, 0.1) is 6.92 Å². The number of para-hydroxylation sites is 1. The van der Waals surface area contributed by atoms with E-state index in [0.29, 0.717) is 24.2 Å². The Labute approximate surface area is 157 Å². The molecule has 2 aromatic heterocycles. The minimum absolute atomic E-state index is 0.0284. The number of amides is 1. The zero-order valence-electron chi connectivity index (χ0n) is 14.8. The van der Waals surface area contributed by atoms with Gasteiger partial charge in [0.25, 0.3) is 5.91 Å². The van der Waals surface area contributed by atoms with E-state index in [9.17, 15) is 18.0 Å². The van der Waals surface area contributed by atoms with Gasteiger partial charge in [0.15, 0.2) is 5.82 Å². The lowest BCUT2D eigenvalue weighted by Gasteiger charge is -2.15. The Bertz CT molecular complexity index is 996. The topological polar surface area (TPSA) is 77.1 Å². The molecular formula is C18H16F3N5O2. The highest BCUT2D eigenvalue weighted by molar-refractivity contribution is 5.95. The first kappa shape index (κ1) is 18.2. The molecule has 28 heavy (non-hydrogen) atoms. The number of hydrogen-bond donors (Lipinski definition) is 0. The van der Waals surface area contributed by atoms with Crippen molar-refractivity contribution < 1.29 is 22.5 Å². The van der Waals surface area contributed by atoms with Crippen LogP contribution in [-0.4, -0.2) is 43.8 Å². The van der Waals surface area contributed by atoms with Crippen molar-refractivity contribution >= 4 is 5.91 Å². The molecule has 3 aromatic rings. The van der Waals surface area contributed by atoms with E-state index in [2.05, 4.69) is 19.8 Å². The first-order chi connectivity index (χ1) is 13.3. The summed E-state index contributed by atoms with van der Waals surface area (Å²) in [5, 5.41) is 7.72. The Morgan fingerprint density at radius 1 is 1.25 bits per heavy atom. The molecule has 0 saturated carbocycles. The van der Waals surface area contributed by atoms with Crippen molar-refractivity contribution in [3.8, 4) is 5.69 Å². The summed E-state index contributed by atoms with van der Waals surface area (Å²) in [6.07, 6.45) is -2.70. The van der Waals surface area contributed by atoms with E-state index in [1.807, 2.05) is 30.3 Å². The van der Waals surface area contributed by atoms with E-state index in [0.717, 1.165) is 5.69 Å². The third kappa shape index (κ3) is 3.25. The van der Waals surface area contributed by atoms with Crippen molar-refractivity contribution in [2.45, 2.75) is 25.4 Å². The molecule has 0 aliphatic carbocycles. The fraction of sp³-hybridized carbons (Fsp3) is 0.333. The zero-order chi connectivity index (χ0) is 19.9. The van der Waals surface area contributed by atoms with Crippen LogP contribution in [0.2, 0.25) is 0 Å². The van der Waals surface area contributed by atoms with Crippen LogP contribution in [0.5, 0.6) is 0 Å². The average Bonchev–Trinajstić information content (AvgIpc) is 3.40. The standard InChI is InChI=1S/C18H16F3N5O2/c1-11-14(9-22-26(11)13-5-3-2-4-6-13)16(27)25-8-7-12(10-25)15-23-17(28-24-15)18(19,20)21/h2-6,9,12H,7-8,10H2,1H3. The van der Waals surface area contributed by atoms with E-state index in [-0.39, 0.29) is 18.3 Å². The number of rotatable bonds is 3. The number of halogens is 3. The van der Waals surface area contributed by atoms with Gasteiger partial charge in [-0.1, -0.05) is 23.4 Å². The molecule has 1 saturated heterocycles. The van der Waals surface area contributed by atoms with Crippen molar-refractivity contribution in [3.05, 3.63) is 59.5 Å². The van der Waals surface area contributed by atoms with Gasteiger partial charge in [-0.25, -0.2) is 4.68 Å². The summed E-state index contributed by atoms with van der Waals surface area (Å²) in [5.74, 6) is -2.01. The van der Waals surface area contributed by atoms with Gasteiger partial charge < -0.3 is 9.42 Å². The maximum absolute atomic E-state index is 12.9. The van der Waals surface area contributed by atoms with Crippen LogP contribution in [0.4, 0.5) is 13.2 Å². The molecule has 1 amide bonds. The monoisotopic (exact) mass is 391 g/mol. The predicted octanol–water partition coefficient (Wildman–Crippen LogP) is 3.21. The van der Waals surface area contributed by atoms with E-state index in [1.165, 1.54) is 6.20 Å². The van der Waals surface area contributed by atoms with E-state index >= 15 is 0 Å². The molecule has 0 N–H and O–H groups in total. The molecule has 1 aromatic carbocycles. The number of hydrogen-bond acceptors (Lipinski definition) is 5. The number of carbonyl (C=O) groups is 1. The van der Waals surface area contributed by atoms with E-state index in [1.54, 1.807) is 16.5 Å². The largest absolute Gasteiger partial charge is 0.471 e. The van der Waals surface area contributed by atoms with Crippen LogP contribution in [-0.2, 0) is 6.18 Å². The highest BCUT2D eigenvalue weighted by atomic mass is 19.4. The molecule has 1 fully saturated rings. The fourth-order valence-corrected chi connectivity index (χ4v) is 3.29. The summed E-state index contributed by atoms with van der Waals surface area (Å²) in [4.78, 5) is 17.9. The molecular weight excluding hydrogens is 375 g/mol. The molecule has 1 atom stereocenters. The minimum atomic E-state index is -4.68. The second-order valence-electron chi connectivity index (χ2n) is 6.58. The van der Waals surface area contributed by atoms with Crippen LogP contribution in [0.3, 0.4) is 0 Å². The Morgan fingerprint density at radius 3 is 2.68 bits per heavy atom. The predicted molar refractivity (Wildman–Crippen MR) is 90.9 cm³/mol. The maximum Gasteiger partial charge on any atom is 0.471 e. The van der Waals surface area contributed by atoms with Crippen LogP contribution in [0.15, 0.2) is 41.1 Å². The van der Waals surface area contributed by atoms with Crippen molar-refractivity contribution in [3.63, 3.8) is 0 Å². The Hall–Kier alpha value is -3.17. The summed E-state index contributed by atoms with van der Waals surface area (Å²) >= 11 is 0. The highest BCUT2D eigenvalue weighted by Gasteiger charge is 2.40. The normalized spacial score (nSPS) is 17.3. The Balaban J connectivity index is 1.50. The first-order valence-electron chi connectivity index (χ1n) is 8.64. The van der Waals surface area contributed by atoms with Crippen molar-refractivity contribution in [1.29, 1.82) is 0 Å². The molecule has 0 spiro atoms. The molecule has 3 heterocycles. The van der Waals surface area contributed by atoms with Gasteiger partial charge in [-0.15, -0.1) is 0 Å². The summed E-state index contributed by atoms with van der Waals surface area (Å²) < 4.78 is 43.9. The van der Waals surface area contributed by atoms with Crippen molar-refractivity contribution in [2.75, 3.05) is 13.1 Å². The summed E-state index contributed by atoms with van der Waals surface area (Å²) in [7, 11) is 0. The first-order valence-corrected chi connectivity index (χ1v) is 8.64. The maximum atomic E-state index is 12.9. The number of likely N-dealkylation sites (tertiary alicyclic amines) is 1. The van der Waals surface area contributed by atoms with Gasteiger partial charge in [-0.05, 0) is 25.5 Å². The quantitative estimate of drug-likeness (QED) is 0.685. The molecule has 10 heteroatoms. The SMILES string of the molecule is Cc1c(C(=O)N2CCC(c3noc(C(F)(F)F)n3)C2)cnn1-c1ccccc1. The molecule has 0 bridgehead atoms. The fourth-order valence-electron chi connectivity index (χ4n) is 3.29. The molecule has 146 valence electrons. The third-order valence-corrected chi connectivity index (χ3v) is 4.77. The molecule has 1 aliphatic rings.